The lowest BCUT2D eigenvalue weighted by Gasteiger charge is -2.17. The first-order valence-corrected chi connectivity index (χ1v) is 5.73. The van der Waals surface area contributed by atoms with E-state index in [0.29, 0.717) is 5.56 Å². The highest BCUT2D eigenvalue weighted by molar-refractivity contribution is 9.10. The number of aliphatic imine (C=N–C) groups is 1. The lowest BCUT2D eigenvalue weighted by atomic mass is 10.1. The van der Waals surface area contributed by atoms with Gasteiger partial charge in [0.25, 0.3) is 5.91 Å². The van der Waals surface area contributed by atoms with Gasteiger partial charge in [0.2, 0.25) is 0 Å². The molecule has 1 aromatic rings. The molecule has 0 atom stereocenters. The van der Waals surface area contributed by atoms with Crippen LogP contribution in [0.1, 0.15) is 15.9 Å². The van der Waals surface area contributed by atoms with E-state index in [1.54, 1.807) is 12.1 Å². The van der Waals surface area contributed by atoms with Crippen LogP contribution in [0.25, 0.3) is 0 Å². The van der Waals surface area contributed by atoms with Crippen LogP contribution in [0.2, 0.25) is 0 Å². The molecule has 0 fully saturated rings. The maximum Gasteiger partial charge on any atom is 0.280 e. The zero-order valence-corrected chi connectivity index (χ0v) is 11.6. The molecule has 0 spiro atoms. The maximum absolute atomic E-state index is 11.7. The maximum atomic E-state index is 11.7. The molecule has 0 unspecified atom stereocenters. The van der Waals surface area contributed by atoms with Crippen LogP contribution in [0.4, 0.5) is 5.69 Å². The molecule has 0 aliphatic heterocycles. The Labute approximate surface area is 109 Å². The summed E-state index contributed by atoms with van der Waals surface area (Å²) in [6.45, 7) is 1.97. The van der Waals surface area contributed by atoms with Gasteiger partial charge in [0.15, 0.2) is 5.96 Å². The highest BCUT2D eigenvalue weighted by Crippen LogP contribution is 2.28. The molecule has 1 aromatic carbocycles. The monoisotopic (exact) mass is 298 g/mol. The summed E-state index contributed by atoms with van der Waals surface area (Å²) in [5, 5.41) is 0. The van der Waals surface area contributed by atoms with Gasteiger partial charge in [-0.1, -0.05) is 15.9 Å². The van der Waals surface area contributed by atoms with Crippen molar-refractivity contribution in [3.05, 3.63) is 27.7 Å². The molecule has 0 radical (unpaired) electrons. The lowest BCUT2D eigenvalue weighted by molar-refractivity contribution is 0.100. The van der Waals surface area contributed by atoms with Crippen molar-refractivity contribution in [1.29, 1.82) is 0 Å². The molecule has 0 aliphatic rings. The van der Waals surface area contributed by atoms with Gasteiger partial charge in [0, 0.05) is 29.8 Å². The van der Waals surface area contributed by atoms with Crippen molar-refractivity contribution in [1.82, 2.24) is 0 Å². The highest BCUT2D eigenvalue weighted by atomic mass is 79.9. The molecule has 4 N–H and O–H groups in total. The average molecular weight is 299 g/mol. The quantitative estimate of drug-likeness (QED) is 0.635. The molecule has 1 amide bonds. The Kier molecular flexibility index (Phi) is 4.11. The van der Waals surface area contributed by atoms with Crippen molar-refractivity contribution in [2.75, 3.05) is 19.0 Å². The van der Waals surface area contributed by atoms with Crippen molar-refractivity contribution in [3.8, 4) is 0 Å². The fourth-order valence-electron chi connectivity index (χ4n) is 1.43. The van der Waals surface area contributed by atoms with Crippen LogP contribution in [-0.2, 0) is 0 Å². The smallest absolute Gasteiger partial charge is 0.280 e. The van der Waals surface area contributed by atoms with Gasteiger partial charge >= 0.3 is 0 Å². The third-order valence-corrected chi connectivity index (χ3v) is 3.10. The Balaban J connectivity index is 3.28. The molecule has 0 bridgehead atoms. The second-order valence-electron chi connectivity index (χ2n) is 3.84. The predicted octanol–water partition coefficient (Wildman–Crippen LogP) is 1.24. The van der Waals surface area contributed by atoms with E-state index in [2.05, 4.69) is 20.9 Å². The number of carbonyl (C=O) groups excluding carboxylic acids is 1. The van der Waals surface area contributed by atoms with E-state index in [9.17, 15) is 4.79 Å². The zero-order valence-electron chi connectivity index (χ0n) is 9.99. The number of nitrogens with two attached hydrogens (primary N) is 2. The number of hydrogen-bond acceptors (Lipinski definition) is 2. The number of anilines is 1. The van der Waals surface area contributed by atoms with E-state index in [-0.39, 0.29) is 5.96 Å². The molecule has 92 valence electrons. The number of guanidine groups is 1. The molecule has 0 saturated carbocycles. The first-order valence-electron chi connectivity index (χ1n) is 4.94. The summed E-state index contributed by atoms with van der Waals surface area (Å²) < 4.78 is 0.845. The van der Waals surface area contributed by atoms with Crippen molar-refractivity contribution in [2.45, 2.75) is 6.92 Å². The summed E-state index contributed by atoms with van der Waals surface area (Å²) in [6, 6.07) is 3.46. The van der Waals surface area contributed by atoms with E-state index >= 15 is 0 Å². The Bertz CT molecular complexity index is 479. The van der Waals surface area contributed by atoms with Crippen molar-refractivity contribution >= 4 is 33.5 Å². The van der Waals surface area contributed by atoms with Gasteiger partial charge in [-0.15, -0.1) is 0 Å². The largest absolute Gasteiger partial charge is 0.377 e. The SMILES string of the molecule is Cc1c(Br)cc(C(=O)N=C(N)N)cc1N(C)C. The van der Waals surface area contributed by atoms with Crippen LogP contribution in [0.5, 0.6) is 0 Å². The summed E-state index contributed by atoms with van der Waals surface area (Å²) in [5.74, 6) is -0.688. The van der Waals surface area contributed by atoms with Crippen molar-refractivity contribution < 1.29 is 4.79 Å². The standard InChI is InChI=1S/C11H15BrN4O/c1-6-8(12)4-7(5-9(6)16(2)3)10(17)15-11(13)14/h4-5H,1-3H3,(H4,13,14,15,17). The number of halogens is 1. The van der Waals surface area contributed by atoms with Gasteiger partial charge in [-0.05, 0) is 24.6 Å². The minimum Gasteiger partial charge on any atom is -0.377 e. The third kappa shape index (κ3) is 3.20. The summed E-state index contributed by atoms with van der Waals surface area (Å²) in [6.07, 6.45) is 0. The van der Waals surface area contributed by atoms with E-state index in [1.165, 1.54) is 0 Å². The second-order valence-corrected chi connectivity index (χ2v) is 4.69. The molecule has 0 heterocycles. The van der Waals surface area contributed by atoms with Gasteiger partial charge in [0.1, 0.15) is 0 Å². The topological polar surface area (TPSA) is 84.7 Å². The first-order chi connectivity index (χ1) is 7.82. The van der Waals surface area contributed by atoms with E-state index in [4.69, 9.17) is 11.5 Å². The van der Waals surface area contributed by atoms with Crippen LogP contribution in [0.3, 0.4) is 0 Å². The molecule has 1 rings (SSSR count). The van der Waals surface area contributed by atoms with E-state index < -0.39 is 5.91 Å². The fraction of sp³-hybridized carbons (Fsp3) is 0.273. The number of hydrogen-bond donors (Lipinski definition) is 2. The molecular formula is C11H15BrN4O. The number of rotatable bonds is 2. The third-order valence-electron chi connectivity index (χ3n) is 2.28. The Hall–Kier alpha value is -1.56. The van der Waals surface area contributed by atoms with Gasteiger partial charge in [-0.25, -0.2) is 0 Å². The van der Waals surface area contributed by atoms with Crippen LogP contribution in [-0.4, -0.2) is 26.0 Å². The van der Waals surface area contributed by atoms with Gasteiger partial charge in [-0.2, -0.15) is 4.99 Å². The molecule has 0 saturated heterocycles. The van der Waals surface area contributed by atoms with Crippen molar-refractivity contribution in [2.24, 2.45) is 16.5 Å². The summed E-state index contributed by atoms with van der Waals surface area (Å²) in [7, 11) is 3.81. The molecule has 0 aliphatic carbocycles. The summed E-state index contributed by atoms with van der Waals surface area (Å²) >= 11 is 3.41. The second kappa shape index (κ2) is 5.18. The Morgan fingerprint density at radius 2 is 1.94 bits per heavy atom. The summed E-state index contributed by atoms with van der Waals surface area (Å²) in [5.41, 5.74) is 12.8. The first kappa shape index (κ1) is 13.5. The van der Waals surface area contributed by atoms with Gasteiger partial charge < -0.3 is 16.4 Å². The minimum absolute atomic E-state index is 0.238. The molecular weight excluding hydrogens is 284 g/mol. The van der Waals surface area contributed by atoms with E-state index in [0.717, 1.165) is 15.7 Å². The predicted molar refractivity (Wildman–Crippen MR) is 73.3 cm³/mol. The molecule has 5 nitrogen and oxygen atoms in total. The lowest BCUT2D eigenvalue weighted by Crippen LogP contribution is -2.24. The molecule has 17 heavy (non-hydrogen) atoms. The van der Waals surface area contributed by atoms with Crippen LogP contribution >= 0.6 is 15.9 Å². The number of nitrogens with zero attached hydrogens (tertiary/aromatic N) is 2. The van der Waals surface area contributed by atoms with Gasteiger partial charge in [0.05, 0.1) is 0 Å². The Morgan fingerprint density at radius 1 is 1.35 bits per heavy atom. The van der Waals surface area contributed by atoms with E-state index in [1.807, 2.05) is 25.9 Å². The minimum atomic E-state index is -0.450. The highest BCUT2D eigenvalue weighted by Gasteiger charge is 2.12. The van der Waals surface area contributed by atoms with Crippen molar-refractivity contribution in [3.63, 3.8) is 0 Å². The Morgan fingerprint density at radius 3 is 2.41 bits per heavy atom. The van der Waals surface area contributed by atoms with Gasteiger partial charge in [-0.3, -0.25) is 4.79 Å². The van der Waals surface area contributed by atoms with Crippen LogP contribution in [0.15, 0.2) is 21.6 Å². The summed E-state index contributed by atoms with van der Waals surface area (Å²) in [4.78, 5) is 17.1. The fourth-order valence-corrected chi connectivity index (χ4v) is 1.88. The number of carbonyl (C=O) groups is 1. The number of benzene rings is 1. The normalized spacial score (nSPS) is 9.88. The molecule has 0 aromatic heterocycles. The zero-order chi connectivity index (χ0) is 13.2. The van der Waals surface area contributed by atoms with Crippen LogP contribution in [0, 0.1) is 6.92 Å². The molecule has 6 heteroatoms. The average Bonchev–Trinajstić information content (AvgIpc) is 2.20. The van der Waals surface area contributed by atoms with Crippen LogP contribution < -0.4 is 16.4 Å². The number of amides is 1.